The molecule has 1 aromatic rings. The summed E-state index contributed by atoms with van der Waals surface area (Å²) in [5.74, 6) is 0.698. The van der Waals surface area contributed by atoms with E-state index in [2.05, 4.69) is 16.4 Å². The van der Waals surface area contributed by atoms with Crippen LogP contribution in [0.1, 0.15) is 48.9 Å². The molecule has 1 aliphatic carbocycles. The fourth-order valence-corrected chi connectivity index (χ4v) is 2.65. The molecule has 0 unspecified atom stereocenters. The van der Waals surface area contributed by atoms with E-state index in [1.54, 1.807) is 0 Å². The van der Waals surface area contributed by atoms with Gasteiger partial charge in [0.25, 0.3) is 0 Å². The third-order valence-electron chi connectivity index (χ3n) is 3.60. The summed E-state index contributed by atoms with van der Waals surface area (Å²) in [6.45, 7) is 3.75. The molecule has 1 aromatic heterocycles. The summed E-state index contributed by atoms with van der Waals surface area (Å²) in [6.07, 6.45) is 6.14. The maximum absolute atomic E-state index is 9.26. The van der Waals surface area contributed by atoms with Crippen molar-refractivity contribution in [1.82, 2.24) is 4.98 Å². The van der Waals surface area contributed by atoms with Gasteiger partial charge in [-0.1, -0.05) is 30.9 Å². The number of nitriles is 1. The molecule has 0 aromatic carbocycles. The van der Waals surface area contributed by atoms with Gasteiger partial charge in [0.2, 0.25) is 0 Å². The average Bonchev–Trinajstić information content (AvgIpc) is 2.38. The van der Waals surface area contributed by atoms with E-state index in [0.717, 1.165) is 24.1 Å². The molecule has 1 aliphatic rings. The number of hydrogen-bond donors (Lipinski definition) is 1. The maximum atomic E-state index is 9.26. The van der Waals surface area contributed by atoms with E-state index in [9.17, 15) is 5.26 Å². The second-order valence-corrected chi connectivity index (χ2v) is 5.33. The quantitative estimate of drug-likeness (QED) is 0.878. The number of rotatable bonds is 2. The minimum atomic E-state index is 0.443. The molecule has 3 nitrogen and oxygen atoms in total. The van der Waals surface area contributed by atoms with Crippen molar-refractivity contribution < 1.29 is 0 Å². The third kappa shape index (κ3) is 2.59. The van der Waals surface area contributed by atoms with Crippen molar-refractivity contribution in [3.05, 3.63) is 21.8 Å². The number of nitrogens with zero attached hydrogens (tertiary/aromatic N) is 2. The highest BCUT2D eigenvalue weighted by atomic mass is 35.5. The van der Waals surface area contributed by atoms with Gasteiger partial charge in [-0.15, -0.1) is 0 Å². The Morgan fingerprint density at radius 3 is 2.56 bits per heavy atom. The van der Waals surface area contributed by atoms with Crippen molar-refractivity contribution in [2.75, 3.05) is 5.32 Å². The number of nitrogens with one attached hydrogen (secondary N) is 1. The molecule has 0 atom stereocenters. The Hall–Kier alpha value is -1.27. The van der Waals surface area contributed by atoms with E-state index in [4.69, 9.17) is 11.6 Å². The molecular formula is C14H18ClN3. The van der Waals surface area contributed by atoms with Crippen LogP contribution in [0.25, 0.3) is 0 Å². The standard InChI is InChI=1S/C14H18ClN3/c1-9-12(8-16)14(17-10(2)13(9)15)18-11-6-4-3-5-7-11/h11H,3-7H2,1-2H3,(H,17,18). The highest BCUT2D eigenvalue weighted by Crippen LogP contribution is 2.28. The van der Waals surface area contributed by atoms with Crippen molar-refractivity contribution in [2.45, 2.75) is 52.0 Å². The first-order chi connectivity index (χ1) is 8.63. The van der Waals surface area contributed by atoms with Gasteiger partial charge >= 0.3 is 0 Å². The number of anilines is 1. The molecule has 1 fully saturated rings. The topological polar surface area (TPSA) is 48.7 Å². The number of aryl methyl sites for hydroxylation is 1. The maximum Gasteiger partial charge on any atom is 0.144 e. The molecular weight excluding hydrogens is 246 g/mol. The van der Waals surface area contributed by atoms with Gasteiger partial charge in [0.15, 0.2) is 0 Å². The van der Waals surface area contributed by atoms with E-state index in [1.807, 2.05) is 13.8 Å². The van der Waals surface area contributed by atoms with Crippen molar-refractivity contribution in [3.63, 3.8) is 0 Å². The minimum absolute atomic E-state index is 0.443. The first kappa shape index (κ1) is 13.2. The average molecular weight is 264 g/mol. The lowest BCUT2D eigenvalue weighted by Gasteiger charge is -2.24. The SMILES string of the molecule is Cc1nc(NC2CCCCC2)c(C#N)c(C)c1Cl. The van der Waals surface area contributed by atoms with Gasteiger partial charge < -0.3 is 5.32 Å². The van der Waals surface area contributed by atoms with Gasteiger partial charge in [-0.05, 0) is 32.3 Å². The summed E-state index contributed by atoms with van der Waals surface area (Å²) in [4.78, 5) is 4.43. The number of hydrogen-bond acceptors (Lipinski definition) is 3. The van der Waals surface area contributed by atoms with Gasteiger partial charge in [-0.2, -0.15) is 5.26 Å². The molecule has 0 saturated heterocycles. The summed E-state index contributed by atoms with van der Waals surface area (Å²) in [5, 5.41) is 13.3. The zero-order valence-electron chi connectivity index (χ0n) is 10.9. The molecule has 1 N–H and O–H groups in total. The molecule has 2 rings (SSSR count). The van der Waals surface area contributed by atoms with Gasteiger partial charge in [0, 0.05) is 6.04 Å². The van der Waals surface area contributed by atoms with Crippen molar-refractivity contribution in [1.29, 1.82) is 5.26 Å². The molecule has 0 aliphatic heterocycles. The van der Waals surface area contributed by atoms with Crippen LogP contribution in [0, 0.1) is 25.2 Å². The van der Waals surface area contributed by atoms with Crippen LogP contribution < -0.4 is 5.32 Å². The predicted octanol–water partition coefficient (Wildman–Crippen LogP) is 3.97. The van der Waals surface area contributed by atoms with Crippen LogP contribution in [-0.2, 0) is 0 Å². The van der Waals surface area contributed by atoms with Crippen LogP contribution in [0.15, 0.2) is 0 Å². The minimum Gasteiger partial charge on any atom is -0.366 e. The van der Waals surface area contributed by atoms with E-state index < -0.39 is 0 Å². The molecule has 18 heavy (non-hydrogen) atoms. The first-order valence-electron chi connectivity index (χ1n) is 6.46. The smallest absolute Gasteiger partial charge is 0.144 e. The molecule has 0 spiro atoms. The number of halogens is 1. The zero-order valence-corrected chi connectivity index (χ0v) is 11.6. The highest BCUT2D eigenvalue weighted by Gasteiger charge is 2.18. The first-order valence-corrected chi connectivity index (χ1v) is 6.84. The van der Waals surface area contributed by atoms with Gasteiger partial charge in [-0.3, -0.25) is 0 Å². The Morgan fingerprint density at radius 1 is 1.28 bits per heavy atom. The predicted molar refractivity (Wildman–Crippen MR) is 73.9 cm³/mol. The van der Waals surface area contributed by atoms with E-state index in [1.165, 1.54) is 19.3 Å². The molecule has 0 radical (unpaired) electrons. The molecule has 0 amide bonds. The van der Waals surface area contributed by atoms with E-state index in [-0.39, 0.29) is 0 Å². The lowest BCUT2D eigenvalue weighted by Crippen LogP contribution is -2.23. The fraction of sp³-hybridized carbons (Fsp3) is 0.571. The lowest BCUT2D eigenvalue weighted by molar-refractivity contribution is 0.461. The monoisotopic (exact) mass is 263 g/mol. The molecule has 1 saturated carbocycles. The second-order valence-electron chi connectivity index (χ2n) is 4.95. The van der Waals surface area contributed by atoms with Crippen LogP contribution in [0.5, 0.6) is 0 Å². The Bertz CT molecular complexity index is 485. The Labute approximate surface area is 113 Å². The third-order valence-corrected chi connectivity index (χ3v) is 4.15. The lowest BCUT2D eigenvalue weighted by atomic mass is 9.95. The molecule has 0 bridgehead atoms. The Kier molecular flexibility index (Phi) is 4.08. The van der Waals surface area contributed by atoms with Crippen molar-refractivity contribution >= 4 is 17.4 Å². The summed E-state index contributed by atoms with van der Waals surface area (Å²) in [6, 6.07) is 2.65. The van der Waals surface area contributed by atoms with Gasteiger partial charge in [0.1, 0.15) is 11.9 Å². The van der Waals surface area contributed by atoms with Crippen LogP contribution in [-0.4, -0.2) is 11.0 Å². The normalized spacial score (nSPS) is 16.3. The Morgan fingerprint density at radius 2 is 1.94 bits per heavy atom. The largest absolute Gasteiger partial charge is 0.366 e. The molecule has 4 heteroatoms. The second kappa shape index (κ2) is 5.58. The van der Waals surface area contributed by atoms with E-state index >= 15 is 0 Å². The Balaban J connectivity index is 2.29. The van der Waals surface area contributed by atoms with Crippen molar-refractivity contribution in [3.8, 4) is 6.07 Å². The van der Waals surface area contributed by atoms with Gasteiger partial charge in [0.05, 0.1) is 16.3 Å². The molecule has 96 valence electrons. The fourth-order valence-electron chi connectivity index (χ4n) is 2.51. The van der Waals surface area contributed by atoms with Crippen LogP contribution >= 0.6 is 11.6 Å². The molecule has 1 heterocycles. The van der Waals surface area contributed by atoms with Gasteiger partial charge in [-0.25, -0.2) is 4.98 Å². The van der Waals surface area contributed by atoms with Crippen LogP contribution in [0.4, 0.5) is 5.82 Å². The summed E-state index contributed by atoms with van der Waals surface area (Å²) >= 11 is 6.13. The van der Waals surface area contributed by atoms with Crippen molar-refractivity contribution in [2.24, 2.45) is 0 Å². The number of aromatic nitrogens is 1. The zero-order chi connectivity index (χ0) is 13.1. The van der Waals surface area contributed by atoms with E-state index in [0.29, 0.717) is 22.4 Å². The summed E-state index contributed by atoms with van der Waals surface area (Å²) in [7, 11) is 0. The van der Waals surface area contributed by atoms with Crippen LogP contribution in [0.2, 0.25) is 5.02 Å². The summed E-state index contributed by atoms with van der Waals surface area (Å²) in [5.41, 5.74) is 2.19. The summed E-state index contributed by atoms with van der Waals surface area (Å²) < 4.78 is 0. The van der Waals surface area contributed by atoms with Crippen LogP contribution in [0.3, 0.4) is 0 Å². The number of pyridine rings is 1. The highest BCUT2D eigenvalue weighted by molar-refractivity contribution is 6.32.